The predicted molar refractivity (Wildman–Crippen MR) is 172 cm³/mol. The van der Waals surface area contributed by atoms with E-state index in [1.807, 2.05) is 24.3 Å². The Labute approximate surface area is 260 Å². The molecule has 44 heavy (non-hydrogen) atoms. The summed E-state index contributed by atoms with van der Waals surface area (Å²) in [6, 6.07) is 25.9. The fourth-order valence-corrected chi connectivity index (χ4v) is 6.86. The number of nitrogens with one attached hydrogen (secondary N) is 1. The number of aromatic amines is 1. The highest BCUT2D eigenvalue weighted by molar-refractivity contribution is 7.91. The highest BCUT2D eigenvalue weighted by Crippen LogP contribution is 2.27. The third kappa shape index (κ3) is 9.75. The van der Waals surface area contributed by atoms with Gasteiger partial charge >= 0.3 is 4.87 Å². The Morgan fingerprint density at radius 2 is 1.61 bits per heavy atom. The summed E-state index contributed by atoms with van der Waals surface area (Å²) in [5.74, 6) is -0.858. The number of ether oxygens (including phenoxy) is 1. The van der Waals surface area contributed by atoms with Gasteiger partial charge in [-0.05, 0) is 39.9 Å². The number of phenols is 1. The summed E-state index contributed by atoms with van der Waals surface area (Å²) in [5.41, 5.74) is 2.92. The number of fused-ring (bicyclic) bond motifs is 2. The minimum absolute atomic E-state index is 0.0421. The van der Waals surface area contributed by atoms with E-state index in [1.54, 1.807) is 24.3 Å². The molecule has 0 saturated heterocycles. The Bertz CT molecular complexity index is 1830. The van der Waals surface area contributed by atoms with Crippen LogP contribution in [-0.4, -0.2) is 62.3 Å². The van der Waals surface area contributed by atoms with Gasteiger partial charge < -0.3 is 30.0 Å². The maximum Gasteiger partial charge on any atom is 0.305 e. The molecule has 0 spiro atoms. The number of rotatable bonds is 14. The van der Waals surface area contributed by atoms with Crippen LogP contribution in [0.4, 0.5) is 0 Å². The van der Waals surface area contributed by atoms with E-state index in [0.717, 1.165) is 41.0 Å². The van der Waals surface area contributed by atoms with Crippen molar-refractivity contribution in [2.24, 2.45) is 0 Å². The Balaban J connectivity index is 0.000000421. The number of thiazole rings is 1. The second-order valence-electron chi connectivity index (χ2n) is 10.2. The minimum Gasteiger partial charge on any atom is -0.545 e. The van der Waals surface area contributed by atoms with Gasteiger partial charge in [0.2, 0.25) is 0 Å². The van der Waals surface area contributed by atoms with E-state index < -0.39 is 15.8 Å². The van der Waals surface area contributed by atoms with Crippen molar-refractivity contribution in [3.05, 3.63) is 111 Å². The zero-order chi connectivity index (χ0) is 31.4. The molecule has 0 aliphatic heterocycles. The molecule has 11 heteroatoms. The molecule has 5 aromatic rings. The second-order valence-corrected chi connectivity index (χ2v) is 13.5. The highest BCUT2D eigenvalue weighted by atomic mass is 32.2. The van der Waals surface area contributed by atoms with E-state index in [1.165, 1.54) is 28.5 Å². The molecule has 0 amide bonds. The number of carbonyl (C=O) groups is 1. The Kier molecular flexibility index (Phi) is 12.1. The van der Waals surface area contributed by atoms with Gasteiger partial charge in [0.15, 0.2) is 9.84 Å². The zero-order valence-electron chi connectivity index (χ0n) is 24.2. The van der Waals surface area contributed by atoms with E-state index in [-0.39, 0.29) is 34.3 Å². The number of aromatic hydroxyl groups is 1. The minimum atomic E-state index is -3.14. The molecule has 0 saturated carbocycles. The molecule has 0 aliphatic carbocycles. The summed E-state index contributed by atoms with van der Waals surface area (Å²) in [7, 11) is -3.14. The average molecular weight is 637 g/mol. The Morgan fingerprint density at radius 1 is 0.864 bits per heavy atom. The van der Waals surface area contributed by atoms with Crippen LogP contribution in [-0.2, 0) is 27.4 Å². The lowest BCUT2D eigenvalue weighted by Gasteiger charge is -2.08. The van der Waals surface area contributed by atoms with Crippen LogP contribution >= 0.6 is 11.3 Å². The second kappa shape index (κ2) is 16.2. The number of carbonyl (C=O) groups excluding carboxylic acids is 1. The number of H-pyrrole nitrogens is 1. The van der Waals surface area contributed by atoms with Crippen LogP contribution in [0.1, 0.15) is 27.9 Å². The molecular formula is C33H36N2O7S2. The van der Waals surface area contributed by atoms with Crippen LogP contribution in [0.25, 0.3) is 21.0 Å². The molecule has 0 radical (unpaired) electrons. The summed E-state index contributed by atoms with van der Waals surface area (Å²) in [6.45, 7) is 2.21. The van der Waals surface area contributed by atoms with Crippen molar-refractivity contribution in [3.63, 3.8) is 0 Å². The van der Waals surface area contributed by atoms with Gasteiger partial charge in [-0.2, -0.15) is 0 Å². The van der Waals surface area contributed by atoms with Crippen LogP contribution in [0, 0.1) is 0 Å². The van der Waals surface area contributed by atoms with Crippen molar-refractivity contribution in [2.75, 3.05) is 37.8 Å². The number of hydrogen-bond acceptors (Lipinski definition) is 8. The van der Waals surface area contributed by atoms with Gasteiger partial charge in [-0.3, -0.25) is 4.79 Å². The normalized spacial score (nSPS) is 11.4. The number of carboxylic acids is 1. The molecule has 232 valence electrons. The largest absolute Gasteiger partial charge is 0.545 e. The Hall–Kier alpha value is -4.03. The van der Waals surface area contributed by atoms with Crippen molar-refractivity contribution in [2.45, 2.75) is 19.3 Å². The smallest absolute Gasteiger partial charge is 0.305 e. The number of hydrogen-bond donors (Lipinski definition) is 3. The third-order valence-corrected chi connectivity index (χ3v) is 9.72. The number of phenolic OH excluding ortho intramolecular Hbond substituents is 1. The summed E-state index contributed by atoms with van der Waals surface area (Å²) in [6.07, 6.45) is 2.08. The summed E-state index contributed by atoms with van der Waals surface area (Å²) in [5, 5.41) is 24.5. The summed E-state index contributed by atoms with van der Waals surface area (Å²) in [4.78, 5) is 24.2. The fraction of sp³-hybridized carbons (Fsp3) is 0.273. The van der Waals surface area contributed by atoms with Crippen LogP contribution in [0.15, 0.2) is 89.7 Å². The molecule has 1 aromatic heterocycles. The standard InChI is InChI=1S/C26H30N2O5S2.C7H6O2/c29-23-10-9-21(25-24(23)28-26(30)34-25)11-14-27-13-4-17-35(31,32)18-16-33-15-12-20-7-3-6-19-5-1-2-8-22(19)20;8-7(9)6-4-2-1-3-5-6/h1-3,5-10,27,29H,4,11-18H2,(H,28,30);1-5H,(H,8,9). The number of carboxylic acid groups (broad SMARTS) is 1. The number of nitrogens with two attached hydrogens (primary N) is 1. The van der Waals surface area contributed by atoms with E-state index in [4.69, 9.17) is 4.74 Å². The highest BCUT2D eigenvalue weighted by Gasteiger charge is 2.12. The average Bonchev–Trinajstić information content (AvgIpc) is 3.43. The number of benzene rings is 4. The molecule has 0 bridgehead atoms. The van der Waals surface area contributed by atoms with Gasteiger partial charge in [-0.15, -0.1) is 0 Å². The van der Waals surface area contributed by atoms with Crippen molar-refractivity contribution < 1.29 is 33.5 Å². The SMILES string of the molecule is O=C([O-])c1ccccc1.O=c1[nH]c2c(O)ccc(CC[NH2+]CCCS(=O)(=O)CCOCCc3cccc4ccccc34)c2s1. The molecule has 4 aromatic carbocycles. The van der Waals surface area contributed by atoms with Crippen molar-refractivity contribution in [1.82, 2.24) is 4.98 Å². The van der Waals surface area contributed by atoms with E-state index >= 15 is 0 Å². The van der Waals surface area contributed by atoms with Gasteiger partial charge in [0.05, 0.1) is 48.5 Å². The number of quaternary nitrogens is 1. The van der Waals surface area contributed by atoms with Crippen LogP contribution in [0.2, 0.25) is 0 Å². The van der Waals surface area contributed by atoms with E-state index in [0.29, 0.717) is 25.1 Å². The molecule has 0 atom stereocenters. The first-order valence-corrected chi connectivity index (χ1v) is 17.0. The predicted octanol–water partition coefficient (Wildman–Crippen LogP) is 2.67. The Morgan fingerprint density at radius 3 is 2.39 bits per heavy atom. The van der Waals surface area contributed by atoms with Gasteiger partial charge in [-0.1, -0.05) is 90.2 Å². The van der Waals surface area contributed by atoms with Crippen molar-refractivity contribution in [3.8, 4) is 5.75 Å². The molecule has 0 fully saturated rings. The van der Waals surface area contributed by atoms with Crippen LogP contribution in [0.3, 0.4) is 0 Å². The maximum atomic E-state index is 12.3. The first-order valence-electron chi connectivity index (χ1n) is 14.4. The molecule has 0 aliphatic rings. The first kappa shape index (κ1) is 32.9. The van der Waals surface area contributed by atoms with Crippen molar-refractivity contribution in [1.29, 1.82) is 0 Å². The molecule has 1 heterocycles. The van der Waals surface area contributed by atoms with Crippen LogP contribution in [0.5, 0.6) is 5.75 Å². The topological polar surface area (TPSA) is 153 Å². The van der Waals surface area contributed by atoms with Crippen molar-refractivity contribution >= 4 is 48.1 Å². The quantitative estimate of drug-likeness (QED) is 0.159. The molecule has 0 unspecified atom stereocenters. The maximum absolute atomic E-state index is 12.3. The summed E-state index contributed by atoms with van der Waals surface area (Å²) >= 11 is 1.10. The number of aromatic carboxylic acids is 1. The molecule has 4 N–H and O–H groups in total. The lowest BCUT2D eigenvalue weighted by molar-refractivity contribution is -0.654. The van der Waals surface area contributed by atoms with E-state index in [9.17, 15) is 28.2 Å². The first-order chi connectivity index (χ1) is 21.2. The van der Waals surface area contributed by atoms with Gasteiger partial charge in [0, 0.05) is 12.8 Å². The molecular weight excluding hydrogens is 601 g/mol. The van der Waals surface area contributed by atoms with Gasteiger partial charge in [0.1, 0.15) is 11.3 Å². The van der Waals surface area contributed by atoms with Gasteiger partial charge in [0.25, 0.3) is 0 Å². The lowest BCUT2D eigenvalue weighted by Crippen LogP contribution is -2.84. The number of sulfone groups is 1. The lowest BCUT2D eigenvalue weighted by atomic mass is 10.0. The number of aromatic nitrogens is 1. The van der Waals surface area contributed by atoms with E-state index in [2.05, 4.69) is 34.6 Å². The summed E-state index contributed by atoms with van der Waals surface area (Å²) < 4.78 is 31.1. The molecule has 5 rings (SSSR count). The fourth-order valence-electron chi connectivity index (χ4n) is 4.78. The van der Waals surface area contributed by atoms with Gasteiger partial charge in [-0.25, -0.2) is 8.42 Å². The molecule has 9 nitrogen and oxygen atoms in total. The zero-order valence-corrected chi connectivity index (χ0v) is 25.9. The third-order valence-electron chi connectivity index (χ3n) is 7.06. The monoisotopic (exact) mass is 636 g/mol. The van der Waals surface area contributed by atoms with Crippen LogP contribution < -0.4 is 15.3 Å².